The Labute approximate surface area is 101 Å². The first kappa shape index (κ1) is 13.6. The van der Waals surface area contributed by atoms with E-state index in [0.717, 1.165) is 12.8 Å². The quantitative estimate of drug-likeness (QED) is 0.743. The van der Waals surface area contributed by atoms with Crippen molar-refractivity contribution < 1.29 is 4.74 Å². The van der Waals surface area contributed by atoms with Crippen molar-refractivity contribution in [2.75, 3.05) is 13.3 Å². The number of hydrogen-bond acceptors (Lipinski definition) is 4. The maximum absolute atomic E-state index is 6.12. The second kappa shape index (κ2) is 6.30. The van der Waals surface area contributed by atoms with Gasteiger partial charge < -0.3 is 15.8 Å². The number of thioether (sulfide) groups is 1. The highest BCUT2D eigenvalue weighted by atomic mass is 35.5. The van der Waals surface area contributed by atoms with Gasteiger partial charge in [0.1, 0.15) is 5.44 Å². The molecule has 1 heterocycles. The molecule has 5 unspecified atom stereocenters. The summed E-state index contributed by atoms with van der Waals surface area (Å²) in [7, 11) is 1.93. The zero-order valence-electron chi connectivity index (χ0n) is 9.57. The summed E-state index contributed by atoms with van der Waals surface area (Å²) in [5.41, 5.74) is 6.08. The topological polar surface area (TPSA) is 47.3 Å². The van der Waals surface area contributed by atoms with E-state index in [-0.39, 0.29) is 29.0 Å². The van der Waals surface area contributed by atoms with Crippen LogP contribution in [-0.4, -0.2) is 42.3 Å². The third-order valence-corrected chi connectivity index (χ3v) is 4.10. The molecule has 0 spiro atoms. The van der Waals surface area contributed by atoms with Gasteiger partial charge in [-0.2, -0.15) is 0 Å². The molecular weight excluding hydrogens is 232 g/mol. The zero-order chi connectivity index (χ0) is 11.4. The van der Waals surface area contributed by atoms with E-state index in [9.17, 15) is 0 Å². The monoisotopic (exact) mass is 252 g/mol. The molecule has 0 aromatic heterocycles. The zero-order valence-corrected chi connectivity index (χ0v) is 11.1. The van der Waals surface area contributed by atoms with Crippen LogP contribution in [0.2, 0.25) is 0 Å². The highest BCUT2D eigenvalue weighted by Crippen LogP contribution is 2.28. The van der Waals surface area contributed by atoms with Crippen LogP contribution in [0.3, 0.4) is 0 Å². The normalized spacial score (nSPS) is 36.2. The van der Waals surface area contributed by atoms with E-state index in [1.54, 1.807) is 11.8 Å². The average Bonchev–Trinajstić information content (AvgIpc) is 2.21. The summed E-state index contributed by atoms with van der Waals surface area (Å²) >= 11 is 7.80. The number of nitrogens with two attached hydrogens (primary N) is 1. The molecule has 90 valence electrons. The van der Waals surface area contributed by atoms with Gasteiger partial charge in [0.15, 0.2) is 0 Å². The van der Waals surface area contributed by atoms with Crippen LogP contribution in [0.25, 0.3) is 0 Å². The fourth-order valence-corrected chi connectivity index (χ4v) is 3.07. The van der Waals surface area contributed by atoms with Gasteiger partial charge in [0, 0.05) is 17.5 Å². The maximum Gasteiger partial charge on any atom is 0.118 e. The van der Waals surface area contributed by atoms with Crippen LogP contribution in [0.1, 0.15) is 19.8 Å². The second-order valence-corrected chi connectivity index (χ2v) is 5.64. The summed E-state index contributed by atoms with van der Waals surface area (Å²) in [6, 6.07) is 0.355. The standard InChI is InChI=1S/C10H21ClN2OS/c1-6(11)9(13-2)8-5-4-7(12)10(14-8)15-3/h6-10,13H,4-5,12H2,1-3H3. The molecule has 3 nitrogen and oxygen atoms in total. The molecule has 0 bridgehead atoms. The number of ether oxygens (including phenoxy) is 1. The molecule has 15 heavy (non-hydrogen) atoms. The molecule has 0 amide bonds. The van der Waals surface area contributed by atoms with Crippen molar-refractivity contribution in [2.24, 2.45) is 5.73 Å². The van der Waals surface area contributed by atoms with Crippen LogP contribution in [-0.2, 0) is 4.74 Å². The number of halogens is 1. The molecule has 1 saturated heterocycles. The molecule has 0 radical (unpaired) electrons. The van der Waals surface area contributed by atoms with Gasteiger partial charge in [-0.05, 0) is 33.1 Å². The fourth-order valence-electron chi connectivity index (χ4n) is 2.04. The second-order valence-electron chi connectivity index (χ2n) is 4.01. The minimum Gasteiger partial charge on any atom is -0.361 e. The average molecular weight is 253 g/mol. The van der Waals surface area contributed by atoms with Crippen LogP contribution >= 0.6 is 23.4 Å². The molecule has 0 aliphatic carbocycles. The van der Waals surface area contributed by atoms with E-state index >= 15 is 0 Å². The van der Waals surface area contributed by atoms with Gasteiger partial charge in [-0.25, -0.2) is 0 Å². The summed E-state index contributed by atoms with van der Waals surface area (Å²) in [4.78, 5) is 0. The van der Waals surface area contributed by atoms with Crippen molar-refractivity contribution >= 4 is 23.4 Å². The molecule has 5 atom stereocenters. The number of nitrogens with one attached hydrogen (secondary N) is 1. The predicted molar refractivity (Wildman–Crippen MR) is 67.5 cm³/mol. The van der Waals surface area contributed by atoms with E-state index in [1.165, 1.54) is 0 Å². The minimum atomic E-state index is 0.0665. The number of likely N-dealkylation sites (N-methyl/N-ethyl adjacent to an activating group) is 1. The van der Waals surface area contributed by atoms with Gasteiger partial charge in [-0.1, -0.05) is 0 Å². The molecule has 0 saturated carbocycles. The van der Waals surface area contributed by atoms with Gasteiger partial charge in [0.2, 0.25) is 0 Å². The molecule has 0 aromatic rings. The number of alkyl halides is 1. The van der Waals surface area contributed by atoms with Crippen LogP contribution in [0, 0.1) is 0 Å². The highest BCUT2D eigenvalue weighted by Gasteiger charge is 2.34. The number of rotatable bonds is 4. The lowest BCUT2D eigenvalue weighted by Gasteiger charge is -2.38. The summed E-state index contributed by atoms with van der Waals surface area (Å²) in [5.74, 6) is 0. The molecule has 0 aromatic carbocycles. The summed E-state index contributed by atoms with van der Waals surface area (Å²) in [6.07, 6.45) is 4.21. The Morgan fingerprint density at radius 3 is 2.67 bits per heavy atom. The Balaban J connectivity index is 2.56. The van der Waals surface area contributed by atoms with Gasteiger partial charge in [0.25, 0.3) is 0 Å². The van der Waals surface area contributed by atoms with Crippen molar-refractivity contribution in [2.45, 2.75) is 48.8 Å². The molecule has 1 aliphatic heterocycles. The SMILES string of the molecule is CNC(C(C)Cl)C1CCC(N)C(SC)O1. The summed E-state index contributed by atoms with van der Waals surface area (Å²) < 4.78 is 5.95. The van der Waals surface area contributed by atoms with Crippen molar-refractivity contribution in [1.82, 2.24) is 5.32 Å². The Bertz CT molecular complexity index is 194. The largest absolute Gasteiger partial charge is 0.361 e. The van der Waals surface area contributed by atoms with E-state index in [0.29, 0.717) is 0 Å². The van der Waals surface area contributed by atoms with E-state index in [2.05, 4.69) is 5.32 Å². The third kappa shape index (κ3) is 3.49. The van der Waals surface area contributed by atoms with E-state index in [1.807, 2.05) is 20.2 Å². The van der Waals surface area contributed by atoms with Gasteiger partial charge in [-0.15, -0.1) is 23.4 Å². The van der Waals surface area contributed by atoms with E-state index < -0.39 is 0 Å². The van der Waals surface area contributed by atoms with Crippen LogP contribution in [0.5, 0.6) is 0 Å². The Kier molecular flexibility index (Phi) is 5.71. The molecular formula is C10H21ClN2OS. The number of hydrogen-bond donors (Lipinski definition) is 2. The van der Waals surface area contributed by atoms with Crippen LogP contribution in [0.4, 0.5) is 0 Å². The van der Waals surface area contributed by atoms with Crippen molar-refractivity contribution in [3.05, 3.63) is 0 Å². The van der Waals surface area contributed by atoms with E-state index in [4.69, 9.17) is 22.1 Å². The van der Waals surface area contributed by atoms with Crippen molar-refractivity contribution in [3.8, 4) is 0 Å². The molecule has 1 aliphatic rings. The maximum atomic E-state index is 6.12. The lowest BCUT2D eigenvalue weighted by atomic mass is 9.98. The van der Waals surface area contributed by atoms with Gasteiger partial charge in [-0.3, -0.25) is 0 Å². The first-order valence-corrected chi connectivity index (χ1v) is 7.07. The van der Waals surface area contributed by atoms with Gasteiger partial charge >= 0.3 is 0 Å². The van der Waals surface area contributed by atoms with Crippen molar-refractivity contribution in [1.29, 1.82) is 0 Å². The summed E-state index contributed by atoms with van der Waals surface area (Å²) in [5, 5.41) is 3.29. The lowest BCUT2D eigenvalue weighted by Crippen LogP contribution is -2.52. The summed E-state index contributed by atoms with van der Waals surface area (Å²) in [6.45, 7) is 1.99. The third-order valence-electron chi connectivity index (χ3n) is 2.90. The Morgan fingerprint density at radius 2 is 2.20 bits per heavy atom. The molecule has 5 heteroatoms. The Morgan fingerprint density at radius 1 is 1.53 bits per heavy atom. The lowest BCUT2D eigenvalue weighted by molar-refractivity contribution is -0.0332. The van der Waals surface area contributed by atoms with Crippen LogP contribution < -0.4 is 11.1 Å². The first-order chi connectivity index (χ1) is 7.10. The predicted octanol–water partition coefficient (Wildman–Crippen LogP) is 1.40. The molecule has 1 rings (SSSR count). The first-order valence-electron chi connectivity index (χ1n) is 5.35. The minimum absolute atomic E-state index is 0.0665. The van der Waals surface area contributed by atoms with Crippen LogP contribution in [0.15, 0.2) is 0 Å². The Hall–Kier alpha value is 0.520. The smallest absolute Gasteiger partial charge is 0.118 e. The van der Waals surface area contributed by atoms with Gasteiger partial charge in [0.05, 0.1) is 6.10 Å². The highest BCUT2D eigenvalue weighted by molar-refractivity contribution is 7.99. The molecule has 3 N–H and O–H groups in total. The van der Waals surface area contributed by atoms with Crippen molar-refractivity contribution in [3.63, 3.8) is 0 Å². The fraction of sp³-hybridized carbons (Fsp3) is 1.00. The molecule has 1 fully saturated rings.